The summed E-state index contributed by atoms with van der Waals surface area (Å²) in [5.41, 5.74) is 6.95. The molecule has 1 amide bonds. The molecule has 2 N–H and O–H groups in total. The van der Waals surface area contributed by atoms with Gasteiger partial charge in [0.25, 0.3) is 0 Å². The quantitative estimate of drug-likeness (QED) is 0.928. The van der Waals surface area contributed by atoms with E-state index >= 15 is 0 Å². The van der Waals surface area contributed by atoms with Gasteiger partial charge in [-0.15, -0.1) is 12.4 Å². The molecular weight excluding hydrogens is 272 g/mol. The van der Waals surface area contributed by atoms with E-state index in [0.717, 1.165) is 12.1 Å². The van der Waals surface area contributed by atoms with Crippen LogP contribution in [0, 0.1) is 5.92 Å². The van der Waals surface area contributed by atoms with Crippen LogP contribution < -0.4 is 5.73 Å². The van der Waals surface area contributed by atoms with Gasteiger partial charge in [0.2, 0.25) is 5.91 Å². The van der Waals surface area contributed by atoms with E-state index in [9.17, 15) is 4.79 Å². The number of rotatable bonds is 4. The van der Waals surface area contributed by atoms with Crippen molar-refractivity contribution in [2.45, 2.75) is 38.1 Å². The van der Waals surface area contributed by atoms with Crippen molar-refractivity contribution in [3.05, 3.63) is 35.9 Å². The standard InChI is InChI=1S/C16H24N2O.ClH/c1-18(12-13-8-4-2-5-9-13)16(19)15(17)14-10-6-3-7-11-14;/h3,6-7,10-11,13,15H,2,4-5,8-9,12,17H2,1H3;1H. The van der Waals surface area contributed by atoms with Crippen LogP contribution in [0.4, 0.5) is 0 Å². The van der Waals surface area contributed by atoms with Crippen LogP contribution in [0.25, 0.3) is 0 Å². The Morgan fingerprint density at radius 3 is 2.45 bits per heavy atom. The van der Waals surface area contributed by atoms with E-state index < -0.39 is 6.04 Å². The van der Waals surface area contributed by atoms with Crippen molar-refractivity contribution in [1.82, 2.24) is 4.90 Å². The SMILES string of the molecule is CN(CC1CCCCC1)C(=O)C(N)c1ccccc1.Cl. The second-order valence-corrected chi connectivity index (χ2v) is 5.61. The van der Waals surface area contributed by atoms with Gasteiger partial charge in [-0.05, 0) is 24.3 Å². The topological polar surface area (TPSA) is 46.3 Å². The van der Waals surface area contributed by atoms with Gasteiger partial charge < -0.3 is 10.6 Å². The van der Waals surface area contributed by atoms with Crippen LogP contribution in [0.3, 0.4) is 0 Å². The molecule has 1 unspecified atom stereocenters. The molecule has 2 rings (SSSR count). The Balaban J connectivity index is 0.00000200. The first-order valence-corrected chi connectivity index (χ1v) is 7.24. The van der Waals surface area contributed by atoms with E-state index in [0.29, 0.717) is 5.92 Å². The Morgan fingerprint density at radius 2 is 1.85 bits per heavy atom. The third kappa shape index (κ3) is 4.50. The highest BCUT2D eigenvalue weighted by Gasteiger charge is 2.23. The van der Waals surface area contributed by atoms with Gasteiger partial charge in [-0.25, -0.2) is 0 Å². The number of benzene rings is 1. The second-order valence-electron chi connectivity index (χ2n) is 5.61. The van der Waals surface area contributed by atoms with Crippen molar-refractivity contribution in [2.24, 2.45) is 11.7 Å². The molecule has 1 aliphatic rings. The second kappa shape index (κ2) is 8.28. The maximum Gasteiger partial charge on any atom is 0.243 e. The maximum absolute atomic E-state index is 12.3. The summed E-state index contributed by atoms with van der Waals surface area (Å²) in [6, 6.07) is 9.07. The van der Waals surface area contributed by atoms with Crippen molar-refractivity contribution < 1.29 is 4.79 Å². The minimum Gasteiger partial charge on any atom is -0.344 e. The zero-order valence-corrected chi connectivity index (χ0v) is 12.9. The highest BCUT2D eigenvalue weighted by Crippen LogP contribution is 2.24. The summed E-state index contributed by atoms with van der Waals surface area (Å²) in [6.07, 6.45) is 6.45. The third-order valence-corrected chi connectivity index (χ3v) is 4.06. The van der Waals surface area contributed by atoms with E-state index in [2.05, 4.69) is 0 Å². The summed E-state index contributed by atoms with van der Waals surface area (Å²) in [6.45, 7) is 0.847. The van der Waals surface area contributed by atoms with E-state index in [4.69, 9.17) is 5.73 Å². The first-order valence-electron chi connectivity index (χ1n) is 7.24. The highest BCUT2D eigenvalue weighted by atomic mass is 35.5. The molecule has 0 saturated heterocycles. The largest absolute Gasteiger partial charge is 0.344 e. The molecule has 1 saturated carbocycles. The fourth-order valence-electron chi connectivity index (χ4n) is 2.89. The molecule has 1 aliphatic carbocycles. The molecule has 0 aromatic heterocycles. The van der Waals surface area contributed by atoms with Crippen LogP contribution in [0.15, 0.2) is 30.3 Å². The summed E-state index contributed by atoms with van der Waals surface area (Å²) in [4.78, 5) is 14.1. The predicted molar refractivity (Wildman–Crippen MR) is 84.8 cm³/mol. The maximum atomic E-state index is 12.3. The van der Waals surface area contributed by atoms with E-state index in [1.807, 2.05) is 42.3 Å². The molecule has 0 aliphatic heterocycles. The molecule has 0 radical (unpaired) electrons. The molecule has 3 nitrogen and oxygen atoms in total. The van der Waals surface area contributed by atoms with E-state index in [1.165, 1.54) is 32.1 Å². The van der Waals surface area contributed by atoms with Gasteiger partial charge in [-0.3, -0.25) is 4.79 Å². The molecule has 1 aromatic carbocycles. The van der Waals surface area contributed by atoms with Crippen LogP contribution >= 0.6 is 12.4 Å². The van der Waals surface area contributed by atoms with Crippen molar-refractivity contribution in [3.8, 4) is 0 Å². The fraction of sp³-hybridized carbons (Fsp3) is 0.562. The smallest absolute Gasteiger partial charge is 0.243 e. The number of hydrogen-bond donors (Lipinski definition) is 1. The van der Waals surface area contributed by atoms with E-state index in [1.54, 1.807) is 0 Å². The summed E-state index contributed by atoms with van der Waals surface area (Å²) >= 11 is 0. The summed E-state index contributed by atoms with van der Waals surface area (Å²) < 4.78 is 0. The first-order chi connectivity index (χ1) is 9.18. The molecule has 1 atom stereocenters. The lowest BCUT2D eigenvalue weighted by Gasteiger charge is -2.28. The first kappa shape index (κ1) is 17.0. The normalized spacial score (nSPS) is 17.1. The van der Waals surface area contributed by atoms with Gasteiger partial charge in [-0.1, -0.05) is 49.6 Å². The van der Waals surface area contributed by atoms with Crippen LogP contribution in [0.2, 0.25) is 0 Å². The Morgan fingerprint density at radius 1 is 1.25 bits per heavy atom. The fourth-order valence-corrected chi connectivity index (χ4v) is 2.89. The Kier molecular flexibility index (Phi) is 7.03. The van der Waals surface area contributed by atoms with Gasteiger partial charge >= 0.3 is 0 Å². The molecule has 0 bridgehead atoms. The number of halogens is 1. The number of carbonyl (C=O) groups is 1. The number of nitrogens with zero attached hydrogens (tertiary/aromatic N) is 1. The number of amides is 1. The predicted octanol–water partition coefficient (Wildman–Crippen LogP) is 3.15. The van der Waals surface area contributed by atoms with Gasteiger partial charge in [0, 0.05) is 13.6 Å². The number of carbonyl (C=O) groups excluding carboxylic acids is 1. The van der Waals surface area contributed by atoms with Gasteiger partial charge in [0.15, 0.2) is 0 Å². The lowest BCUT2D eigenvalue weighted by molar-refractivity contribution is -0.132. The Hall–Kier alpha value is -1.06. The summed E-state index contributed by atoms with van der Waals surface area (Å²) in [7, 11) is 1.87. The van der Waals surface area contributed by atoms with Crippen molar-refractivity contribution in [3.63, 3.8) is 0 Å². The number of nitrogens with two attached hydrogens (primary N) is 1. The lowest BCUT2D eigenvalue weighted by Crippen LogP contribution is -2.39. The molecule has 4 heteroatoms. The molecule has 20 heavy (non-hydrogen) atoms. The van der Waals surface area contributed by atoms with Gasteiger partial charge in [-0.2, -0.15) is 0 Å². The average Bonchev–Trinajstić information content (AvgIpc) is 2.47. The van der Waals surface area contributed by atoms with Crippen molar-refractivity contribution >= 4 is 18.3 Å². The summed E-state index contributed by atoms with van der Waals surface area (Å²) in [5.74, 6) is 0.683. The van der Waals surface area contributed by atoms with Crippen LogP contribution in [0.1, 0.15) is 43.7 Å². The number of likely N-dealkylation sites (N-methyl/N-ethyl adjacent to an activating group) is 1. The summed E-state index contributed by atoms with van der Waals surface area (Å²) in [5, 5.41) is 0. The zero-order valence-electron chi connectivity index (χ0n) is 12.1. The molecule has 0 spiro atoms. The van der Waals surface area contributed by atoms with Crippen molar-refractivity contribution in [1.29, 1.82) is 0 Å². The van der Waals surface area contributed by atoms with Crippen LogP contribution in [0.5, 0.6) is 0 Å². The monoisotopic (exact) mass is 296 g/mol. The third-order valence-electron chi connectivity index (χ3n) is 4.06. The number of hydrogen-bond acceptors (Lipinski definition) is 2. The molecule has 0 heterocycles. The molecule has 112 valence electrons. The van der Waals surface area contributed by atoms with Gasteiger partial charge in [0.05, 0.1) is 0 Å². The Labute approximate surface area is 127 Å². The molecule has 1 aromatic rings. The van der Waals surface area contributed by atoms with Crippen LogP contribution in [-0.2, 0) is 4.79 Å². The zero-order chi connectivity index (χ0) is 13.7. The van der Waals surface area contributed by atoms with Gasteiger partial charge in [0.1, 0.15) is 6.04 Å². The van der Waals surface area contributed by atoms with Crippen molar-refractivity contribution in [2.75, 3.05) is 13.6 Å². The lowest BCUT2D eigenvalue weighted by atomic mass is 9.89. The molecule has 1 fully saturated rings. The minimum absolute atomic E-state index is 0. The minimum atomic E-state index is -0.533. The highest BCUT2D eigenvalue weighted by molar-refractivity contribution is 5.85. The van der Waals surface area contributed by atoms with E-state index in [-0.39, 0.29) is 18.3 Å². The molecular formula is C16H25ClN2O. The average molecular weight is 297 g/mol. The van der Waals surface area contributed by atoms with Crippen LogP contribution in [-0.4, -0.2) is 24.4 Å². The Bertz CT molecular complexity index is 404.